The average Bonchev–Trinajstić information content (AvgIpc) is 2.02. The summed E-state index contributed by atoms with van der Waals surface area (Å²) in [5.41, 5.74) is 0. The van der Waals surface area contributed by atoms with Crippen LogP contribution in [0.2, 0.25) is 0 Å². The van der Waals surface area contributed by atoms with Crippen molar-refractivity contribution in [2.75, 3.05) is 0 Å². The minimum absolute atomic E-state index is 0.211. The van der Waals surface area contributed by atoms with Gasteiger partial charge >= 0.3 is 0 Å². The molecule has 0 aromatic carbocycles. The van der Waals surface area contributed by atoms with Crippen molar-refractivity contribution < 1.29 is 9.90 Å². The summed E-state index contributed by atoms with van der Waals surface area (Å²) in [4.78, 5) is 10.3. The topological polar surface area (TPSA) is 37.3 Å². The Morgan fingerprint density at radius 1 is 1.25 bits per heavy atom. The van der Waals surface area contributed by atoms with Crippen LogP contribution in [0.1, 0.15) is 40.0 Å². The van der Waals surface area contributed by atoms with Crippen molar-refractivity contribution >= 4 is 6.29 Å². The summed E-state index contributed by atoms with van der Waals surface area (Å²) in [5, 5.41) is 9.40. The van der Waals surface area contributed by atoms with Crippen LogP contribution in [0, 0.1) is 11.8 Å². The Balaban J connectivity index is 3.43. The first kappa shape index (κ1) is 11.6. The Morgan fingerprint density at radius 2 is 1.83 bits per heavy atom. The van der Waals surface area contributed by atoms with Gasteiger partial charge < -0.3 is 9.90 Å². The number of carbonyl (C=O) groups excluding carboxylic acids is 1. The van der Waals surface area contributed by atoms with Crippen molar-refractivity contribution in [1.82, 2.24) is 0 Å². The van der Waals surface area contributed by atoms with Gasteiger partial charge in [-0.2, -0.15) is 0 Å². The molecule has 2 nitrogen and oxygen atoms in total. The molecule has 0 saturated carbocycles. The van der Waals surface area contributed by atoms with Crippen LogP contribution < -0.4 is 0 Å². The van der Waals surface area contributed by atoms with E-state index in [4.69, 9.17) is 0 Å². The molecule has 2 atom stereocenters. The lowest BCUT2D eigenvalue weighted by molar-refractivity contribution is -0.113. The molecule has 0 radical (unpaired) electrons. The molecule has 0 aromatic heterocycles. The maximum absolute atomic E-state index is 10.3. The molecule has 0 aliphatic carbocycles. The summed E-state index contributed by atoms with van der Waals surface area (Å²) >= 11 is 0. The lowest BCUT2D eigenvalue weighted by atomic mass is 9.98. The predicted octanol–water partition coefficient (Wildman–Crippen LogP) is 2.01. The number of hydrogen-bond acceptors (Lipinski definition) is 2. The Kier molecular flexibility index (Phi) is 5.99. The first-order valence-corrected chi connectivity index (χ1v) is 4.71. The first-order chi connectivity index (χ1) is 5.57. The van der Waals surface area contributed by atoms with E-state index < -0.39 is 6.10 Å². The number of rotatable bonds is 6. The predicted molar refractivity (Wildman–Crippen MR) is 49.9 cm³/mol. The lowest BCUT2D eigenvalue weighted by Crippen LogP contribution is -2.18. The minimum Gasteiger partial charge on any atom is -0.392 e. The van der Waals surface area contributed by atoms with Gasteiger partial charge in [-0.15, -0.1) is 0 Å². The third kappa shape index (κ3) is 5.30. The lowest BCUT2D eigenvalue weighted by Gasteiger charge is -2.13. The summed E-state index contributed by atoms with van der Waals surface area (Å²) < 4.78 is 0. The highest BCUT2D eigenvalue weighted by Gasteiger charge is 2.12. The average molecular weight is 172 g/mol. The van der Waals surface area contributed by atoms with E-state index in [1.807, 2.05) is 0 Å². The molecule has 0 aromatic rings. The van der Waals surface area contributed by atoms with Gasteiger partial charge in [0.25, 0.3) is 0 Å². The molecule has 1 N–H and O–H groups in total. The molecule has 0 amide bonds. The van der Waals surface area contributed by atoms with Crippen LogP contribution in [0.25, 0.3) is 0 Å². The van der Waals surface area contributed by atoms with E-state index in [1.165, 1.54) is 0 Å². The highest BCUT2D eigenvalue weighted by Crippen LogP contribution is 2.12. The molecule has 12 heavy (non-hydrogen) atoms. The van der Waals surface area contributed by atoms with Crippen molar-refractivity contribution in [2.24, 2.45) is 11.8 Å². The van der Waals surface area contributed by atoms with Crippen molar-refractivity contribution in [3.8, 4) is 0 Å². The molecular weight excluding hydrogens is 152 g/mol. The van der Waals surface area contributed by atoms with E-state index in [-0.39, 0.29) is 5.92 Å². The van der Waals surface area contributed by atoms with Crippen molar-refractivity contribution in [2.45, 2.75) is 46.1 Å². The van der Waals surface area contributed by atoms with E-state index in [2.05, 4.69) is 13.8 Å². The molecular formula is C10H20O2. The van der Waals surface area contributed by atoms with Gasteiger partial charge in [0.1, 0.15) is 6.29 Å². The zero-order valence-electron chi connectivity index (χ0n) is 8.29. The van der Waals surface area contributed by atoms with E-state index in [0.717, 1.165) is 25.5 Å². The normalized spacial score (nSPS) is 16.1. The van der Waals surface area contributed by atoms with Crippen LogP contribution in [0.5, 0.6) is 0 Å². The number of aliphatic hydroxyl groups is 1. The van der Waals surface area contributed by atoms with Gasteiger partial charge in [-0.05, 0) is 12.3 Å². The fourth-order valence-corrected chi connectivity index (χ4v) is 1.09. The van der Waals surface area contributed by atoms with Crippen molar-refractivity contribution in [3.63, 3.8) is 0 Å². The molecule has 72 valence electrons. The number of hydrogen-bond donors (Lipinski definition) is 1. The van der Waals surface area contributed by atoms with Crippen LogP contribution >= 0.6 is 0 Å². The van der Waals surface area contributed by atoms with E-state index >= 15 is 0 Å². The summed E-state index contributed by atoms with van der Waals surface area (Å²) in [6.45, 7) is 6.08. The molecule has 0 spiro atoms. The molecule has 0 fully saturated rings. The largest absolute Gasteiger partial charge is 0.392 e. The van der Waals surface area contributed by atoms with Crippen LogP contribution in [0.15, 0.2) is 0 Å². The van der Waals surface area contributed by atoms with E-state index in [9.17, 15) is 9.90 Å². The summed E-state index contributed by atoms with van der Waals surface area (Å²) in [6, 6.07) is 0. The van der Waals surface area contributed by atoms with Crippen molar-refractivity contribution in [1.29, 1.82) is 0 Å². The number of aliphatic hydroxyl groups excluding tert-OH is 1. The van der Waals surface area contributed by atoms with Crippen LogP contribution in [0.3, 0.4) is 0 Å². The van der Waals surface area contributed by atoms with Gasteiger partial charge in [0, 0.05) is 5.92 Å². The Hall–Kier alpha value is -0.370. The second kappa shape index (κ2) is 6.18. The molecule has 2 unspecified atom stereocenters. The third-order valence-corrected chi connectivity index (χ3v) is 2.10. The molecule has 0 saturated heterocycles. The van der Waals surface area contributed by atoms with Crippen LogP contribution in [-0.4, -0.2) is 17.5 Å². The van der Waals surface area contributed by atoms with Gasteiger partial charge in [-0.1, -0.05) is 33.6 Å². The molecule has 0 bridgehead atoms. The summed E-state index contributed by atoms with van der Waals surface area (Å²) in [7, 11) is 0. The monoisotopic (exact) mass is 172 g/mol. The SMILES string of the molecule is CC(C)CCCC(O)C(C)C=O. The molecule has 0 heterocycles. The van der Waals surface area contributed by atoms with E-state index in [0.29, 0.717) is 5.92 Å². The molecule has 0 rings (SSSR count). The Bertz CT molecular complexity index is 121. The number of aldehydes is 1. The van der Waals surface area contributed by atoms with Crippen LogP contribution in [-0.2, 0) is 4.79 Å². The Morgan fingerprint density at radius 3 is 2.25 bits per heavy atom. The third-order valence-electron chi connectivity index (χ3n) is 2.10. The highest BCUT2D eigenvalue weighted by atomic mass is 16.3. The smallest absolute Gasteiger partial charge is 0.125 e. The van der Waals surface area contributed by atoms with Crippen molar-refractivity contribution in [3.05, 3.63) is 0 Å². The second-order valence-corrected chi connectivity index (χ2v) is 3.89. The van der Waals surface area contributed by atoms with Gasteiger partial charge in [0.2, 0.25) is 0 Å². The standard InChI is InChI=1S/C10H20O2/c1-8(2)5-4-6-10(12)9(3)7-11/h7-10,12H,4-6H2,1-3H3. The quantitative estimate of drug-likeness (QED) is 0.622. The summed E-state index contributed by atoms with van der Waals surface area (Å²) in [5.74, 6) is 0.473. The second-order valence-electron chi connectivity index (χ2n) is 3.89. The molecule has 0 aliphatic rings. The fraction of sp³-hybridized carbons (Fsp3) is 0.900. The fourth-order valence-electron chi connectivity index (χ4n) is 1.09. The van der Waals surface area contributed by atoms with E-state index in [1.54, 1.807) is 6.92 Å². The maximum Gasteiger partial charge on any atom is 0.125 e. The van der Waals surface area contributed by atoms with Gasteiger partial charge in [-0.3, -0.25) is 0 Å². The molecule has 2 heteroatoms. The zero-order chi connectivity index (χ0) is 9.56. The number of carbonyl (C=O) groups is 1. The minimum atomic E-state index is -0.443. The first-order valence-electron chi connectivity index (χ1n) is 4.71. The van der Waals surface area contributed by atoms with Gasteiger partial charge in [0.05, 0.1) is 6.10 Å². The summed E-state index contributed by atoms with van der Waals surface area (Å²) in [6.07, 6.45) is 3.26. The molecule has 0 aliphatic heterocycles. The van der Waals surface area contributed by atoms with Gasteiger partial charge in [-0.25, -0.2) is 0 Å². The van der Waals surface area contributed by atoms with Crippen LogP contribution in [0.4, 0.5) is 0 Å². The maximum atomic E-state index is 10.3. The Labute approximate surface area is 75.0 Å². The van der Waals surface area contributed by atoms with Gasteiger partial charge in [0.15, 0.2) is 0 Å². The zero-order valence-corrected chi connectivity index (χ0v) is 8.29. The highest BCUT2D eigenvalue weighted by molar-refractivity contribution is 5.53.